The third-order valence-electron chi connectivity index (χ3n) is 3.07. The van der Waals surface area contributed by atoms with Gasteiger partial charge in [-0.2, -0.15) is 0 Å². The van der Waals surface area contributed by atoms with E-state index < -0.39 is 0 Å². The Morgan fingerprint density at radius 3 is 2.75 bits per heavy atom. The van der Waals surface area contributed by atoms with Crippen molar-refractivity contribution >= 4 is 23.3 Å². The molecule has 0 saturated carbocycles. The highest BCUT2D eigenvalue weighted by Gasteiger charge is 2.10. The third kappa shape index (κ3) is 3.63. The van der Waals surface area contributed by atoms with Crippen molar-refractivity contribution in [1.29, 1.82) is 0 Å². The molecule has 2 N–H and O–H groups in total. The van der Waals surface area contributed by atoms with Gasteiger partial charge in [-0.15, -0.1) is 11.8 Å². The Hall–Kier alpha value is -1.75. The fraction of sp³-hybridized carbons (Fsp3) is 0.333. The standard InChI is InChI=1S/C15H20N4S/c1-3-8-19(10-12-6-4-5-7-13(12)16)14-9-15(20-2)18-11-17-14/h4-7,9,11H,3,8,10,16H2,1-2H3. The molecule has 2 rings (SSSR count). The summed E-state index contributed by atoms with van der Waals surface area (Å²) in [5.41, 5.74) is 7.99. The second-order valence-electron chi connectivity index (χ2n) is 4.54. The van der Waals surface area contributed by atoms with Crippen LogP contribution in [-0.4, -0.2) is 22.8 Å². The van der Waals surface area contributed by atoms with Crippen LogP contribution in [0.5, 0.6) is 0 Å². The zero-order chi connectivity index (χ0) is 14.4. The number of nitrogen functional groups attached to an aromatic ring is 1. The zero-order valence-corrected chi connectivity index (χ0v) is 12.7. The number of hydrogen-bond acceptors (Lipinski definition) is 5. The van der Waals surface area contributed by atoms with Gasteiger partial charge in [0.1, 0.15) is 17.2 Å². The van der Waals surface area contributed by atoms with Crippen LogP contribution < -0.4 is 10.6 Å². The Bertz CT molecular complexity index is 559. The van der Waals surface area contributed by atoms with Gasteiger partial charge in [-0.1, -0.05) is 25.1 Å². The van der Waals surface area contributed by atoms with E-state index in [0.29, 0.717) is 0 Å². The number of thioether (sulfide) groups is 1. The van der Waals surface area contributed by atoms with Crippen LogP contribution in [0.25, 0.3) is 0 Å². The third-order valence-corrected chi connectivity index (χ3v) is 3.71. The van der Waals surface area contributed by atoms with Crippen molar-refractivity contribution < 1.29 is 0 Å². The zero-order valence-electron chi connectivity index (χ0n) is 11.9. The number of nitrogens with two attached hydrogens (primary N) is 1. The topological polar surface area (TPSA) is 55.0 Å². The first-order valence-corrected chi connectivity index (χ1v) is 7.91. The lowest BCUT2D eigenvalue weighted by molar-refractivity contribution is 0.750. The number of anilines is 2. The van der Waals surface area contributed by atoms with Gasteiger partial charge in [0.2, 0.25) is 0 Å². The van der Waals surface area contributed by atoms with Gasteiger partial charge in [-0.3, -0.25) is 0 Å². The minimum absolute atomic E-state index is 0.769. The number of rotatable bonds is 6. The normalized spacial score (nSPS) is 10.5. The van der Waals surface area contributed by atoms with E-state index in [9.17, 15) is 0 Å². The molecule has 1 heterocycles. The van der Waals surface area contributed by atoms with Crippen molar-refractivity contribution in [2.45, 2.75) is 24.9 Å². The second kappa shape index (κ2) is 7.14. The molecule has 0 atom stereocenters. The first-order chi connectivity index (χ1) is 9.74. The number of hydrogen-bond donors (Lipinski definition) is 1. The molecule has 20 heavy (non-hydrogen) atoms. The highest BCUT2D eigenvalue weighted by atomic mass is 32.2. The quantitative estimate of drug-likeness (QED) is 0.502. The predicted octanol–water partition coefficient (Wildman–Crippen LogP) is 3.20. The maximum atomic E-state index is 6.04. The molecule has 2 aromatic rings. The Morgan fingerprint density at radius 1 is 1.25 bits per heavy atom. The minimum atomic E-state index is 0.769. The SMILES string of the molecule is CCCN(Cc1ccccc1N)c1cc(SC)ncn1. The van der Waals surface area contributed by atoms with E-state index in [1.54, 1.807) is 18.1 Å². The molecule has 0 radical (unpaired) electrons. The van der Waals surface area contributed by atoms with Crippen molar-refractivity contribution in [2.75, 3.05) is 23.4 Å². The van der Waals surface area contributed by atoms with Gasteiger partial charge in [0.15, 0.2) is 0 Å². The predicted molar refractivity (Wildman–Crippen MR) is 86.0 cm³/mol. The average molecular weight is 288 g/mol. The molecule has 0 aliphatic rings. The van der Waals surface area contributed by atoms with E-state index in [1.807, 2.05) is 30.5 Å². The van der Waals surface area contributed by atoms with Crippen LogP contribution in [0.1, 0.15) is 18.9 Å². The molecule has 0 bridgehead atoms. The van der Waals surface area contributed by atoms with E-state index in [1.165, 1.54) is 0 Å². The van der Waals surface area contributed by atoms with Gasteiger partial charge in [-0.25, -0.2) is 9.97 Å². The smallest absolute Gasteiger partial charge is 0.133 e. The summed E-state index contributed by atoms with van der Waals surface area (Å²) in [5.74, 6) is 0.953. The van der Waals surface area contributed by atoms with Gasteiger partial charge in [-0.05, 0) is 24.3 Å². The number of benzene rings is 1. The molecular formula is C15H20N4S. The van der Waals surface area contributed by atoms with Gasteiger partial charge < -0.3 is 10.6 Å². The van der Waals surface area contributed by atoms with Crippen LogP contribution in [-0.2, 0) is 6.54 Å². The summed E-state index contributed by atoms with van der Waals surface area (Å²) >= 11 is 1.63. The van der Waals surface area contributed by atoms with Crippen molar-refractivity contribution in [3.05, 3.63) is 42.2 Å². The van der Waals surface area contributed by atoms with Crippen LogP contribution >= 0.6 is 11.8 Å². The lowest BCUT2D eigenvalue weighted by atomic mass is 10.1. The summed E-state index contributed by atoms with van der Waals surface area (Å²) in [6.07, 6.45) is 4.70. The van der Waals surface area contributed by atoms with Gasteiger partial charge in [0.05, 0.1) is 0 Å². The van der Waals surface area contributed by atoms with Gasteiger partial charge in [0, 0.05) is 24.8 Å². The van der Waals surface area contributed by atoms with Crippen LogP contribution in [0.2, 0.25) is 0 Å². The van der Waals surface area contributed by atoms with Crippen LogP contribution in [0.15, 0.2) is 41.7 Å². The molecular weight excluding hydrogens is 268 g/mol. The summed E-state index contributed by atoms with van der Waals surface area (Å²) in [6.45, 7) is 3.88. The fourth-order valence-corrected chi connectivity index (χ4v) is 2.42. The van der Waals surface area contributed by atoms with Crippen LogP contribution in [0.3, 0.4) is 0 Å². The van der Waals surface area contributed by atoms with E-state index >= 15 is 0 Å². The molecule has 5 heteroatoms. The number of aromatic nitrogens is 2. The molecule has 106 valence electrons. The van der Waals surface area contributed by atoms with Crippen molar-refractivity contribution in [3.8, 4) is 0 Å². The molecule has 0 fully saturated rings. The molecule has 0 saturated heterocycles. The lowest BCUT2D eigenvalue weighted by Gasteiger charge is -2.24. The Kier molecular flexibility index (Phi) is 5.24. The summed E-state index contributed by atoms with van der Waals surface area (Å²) in [7, 11) is 0. The van der Waals surface area contributed by atoms with E-state index in [4.69, 9.17) is 5.73 Å². The molecule has 1 aromatic heterocycles. The summed E-state index contributed by atoms with van der Waals surface area (Å²) in [6, 6.07) is 10.0. The summed E-state index contributed by atoms with van der Waals surface area (Å²) in [4.78, 5) is 10.9. The number of nitrogens with zero attached hydrogens (tertiary/aromatic N) is 3. The molecule has 0 aliphatic carbocycles. The van der Waals surface area contributed by atoms with Gasteiger partial charge >= 0.3 is 0 Å². The maximum Gasteiger partial charge on any atom is 0.133 e. The Balaban J connectivity index is 2.24. The van der Waals surface area contributed by atoms with Gasteiger partial charge in [0.25, 0.3) is 0 Å². The fourth-order valence-electron chi connectivity index (χ4n) is 2.04. The Labute approximate surface area is 124 Å². The second-order valence-corrected chi connectivity index (χ2v) is 5.37. The largest absolute Gasteiger partial charge is 0.398 e. The summed E-state index contributed by atoms with van der Waals surface area (Å²) < 4.78 is 0. The van der Waals surface area contributed by atoms with E-state index in [-0.39, 0.29) is 0 Å². The highest BCUT2D eigenvalue weighted by molar-refractivity contribution is 7.98. The van der Waals surface area contributed by atoms with Crippen molar-refractivity contribution in [3.63, 3.8) is 0 Å². The first-order valence-electron chi connectivity index (χ1n) is 6.69. The van der Waals surface area contributed by atoms with E-state index in [2.05, 4.69) is 27.9 Å². The average Bonchev–Trinajstić information content (AvgIpc) is 2.49. The molecule has 0 spiro atoms. The first kappa shape index (κ1) is 14.7. The van der Waals surface area contributed by atoms with Crippen molar-refractivity contribution in [2.24, 2.45) is 0 Å². The summed E-state index contributed by atoms with van der Waals surface area (Å²) in [5, 5.41) is 0.983. The molecule has 0 aliphatic heterocycles. The maximum absolute atomic E-state index is 6.04. The molecule has 0 unspecified atom stereocenters. The molecule has 1 aromatic carbocycles. The van der Waals surface area contributed by atoms with E-state index in [0.717, 1.165) is 41.6 Å². The minimum Gasteiger partial charge on any atom is -0.398 e. The molecule has 0 amide bonds. The van der Waals surface area contributed by atoms with Crippen LogP contribution in [0, 0.1) is 0 Å². The lowest BCUT2D eigenvalue weighted by Crippen LogP contribution is -2.25. The number of para-hydroxylation sites is 1. The van der Waals surface area contributed by atoms with Crippen LogP contribution in [0.4, 0.5) is 11.5 Å². The van der Waals surface area contributed by atoms with Crippen molar-refractivity contribution in [1.82, 2.24) is 9.97 Å². The highest BCUT2D eigenvalue weighted by Crippen LogP contribution is 2.21. The monoisotopic (exact) mass is 288 g/mol. The molecule has 4 nitrogen and oxygen atoms in total. The Morgan fingerprint density at radius 2 is 2.05 bits per heavy atom.